The second-order valence-corrected chi connectivity index (χ2v) is 7.40. The molecule has 0 fully saturated rings. The van der Waals surface area contributed by atoms with Crippen LogP contribution in [0.25, 0.3) is 10.2 Å². The molecule has 4 aromatic rings. The number of anilines is 1. The third-order valence-electron chi connectivity index (χ3n) is 4.36. The van der Waals surface area contributed by atoms with Gasteiger partial charge in [-0.25, -0.2) is 9.37 Å². The van der Waals surface area contributed by atoms with Gasteiger partial charge in [-0.15, -0.1) is 0 Å². The van der Waals surface area contributed by atoms with Crippen molar-refractivity contribution in [3.8, 4) is 11.5 Å². The zero-order valence-electron chi connectivity index (χ0n) is 16.1. The molecule has 6 nitrogen and oxygen atoms in total. The fourth-order valence-electron chi connectivity index (χ4n) is 2.88. The molecule has 2 aromatic heterocycles. The highest BCUT2D eigenvalue weighted by molar-refractivity contribution is 7.22. The van der Waals surface area contributed by atoms with Gasteiger partial charge in [0.15, 0.2) is 11.7 Å². The lowest BCUT2D eigenvalue weighted by atomic mass is 10.2. The van der Waals surface area contributed by atoms with Crippen molar-refractivity contribution < 1.29 is 18.7 Å². The Morgan fingerprint density at radius 2 is 1.97 bits per heavy atom. The summed E-state index contributed by atoms with van der Waals surface area (Å²) in [5.74, 6) is 0.417. The van der Waals surface area contributed by atoms with Gasteiger partial charge in [0, 0.05) is 12.4 Å². The summed E-state index contributed by atoms with van der Waals surface area (Å²) < 4.78 is 24.9. The van der Waals surface area contributed by atoms with Gasteiger partial charge in [0.1, 0.15) is 22.8 Å². The van der Waals surface area contributed by atoms with Crippen LogP contribution in [-0.4, -0.2) is 29.6 Å². The number of amides is 1. The Labute approximate surface area is 176 Å². The minimum Gasteiger partial charge on any atom is -0.494 e. The minimum atomic E-state index is -0.365. The summed E-state index contributed by atoms with van der Waals surface area (Å²) >= 11 is 1.39. The molecule has 0 N–H and O–H groups in total. The van der Waals surface area contributed by atoms with E-state index in [2.05, 4.69) is 9.97 Å². The summed E-state index contributed by atoms with van der Waals surface area (Å²) in [7, 11) is 1.59. The molecule has 152 valence electrons. The Hall–Kier alpha value is -3.52. The number of nitrogens with zero attached hydrogens (tertiary/aromatic N) is 3. The van der Waals surface area contributed by atoms with E-state index in [1.54, 1.807) is 24.4 Å². The normalized spacial score (nSPS) is 10.7. The number of ether oxygens (including phenoxy) is 2. The predicted molar refractivity (Wildman–Crippen MR) is 113 cm³/mol. The lowest BCUT2D eigenvalue weighted by Gasteiger charge is -2.20. The van der Waals surface area contributed by atoms with Crippen LogP contribution in [0.4, 0.5) is 9.52 Å². The molecule has 0 aliphatic rings. The number of benzene rings is 2. The highest BCUT2D eigenvalue weighted by atomic mass is 32.1. The van der Waals surface area contributed by atoms with Gasteiger partial charge in [-0.2, -0.15) is 0 Å². The molecule has 0 unspecified atom stereocenters. The summed E-state index contributed by atoms with van der Waals surface area (Å²) in [5.41, 5.74) is 1.56. The van der Waals surface area contributed by atoms with Crippen molar-refractivity contribution in [1.29, 1.82) is 0 Å². The maximum atomic E-state index is 13.1. The predicted octanol–water partition coefficient (Wildman–Crippen LogP) is 4.45. The Morgan fingerprint density at radius 3 is 2.70 bits per heavy atom. The van der Waals surface area contributed by atoms with Crippen LogP contribution in [0.2, 0.25) is 0 Å². The molecule has 0 saturated heterocycles. The number of pyridine rings is 1. The van der Waals surface area contributed by atoms with E-state index in [0.717, 1.165) is 10.3 Å². The molecule has 0 spiro atoms. The first-order chi connectivity index (χ1) is 14.6. The first kappa shape index (κ1) is 19.8. The Balaban J connectivity index is 1.62. The molecule has 0 aliphatic heterocycles. The largest absolute Gasteiger partial charge is 0.494 e. The van der Waals surface area contributed by atoms with E-state index in [0.29, 0.717) is 28.7 Å². The lowest BCUT2D eigenvalue weighted by molar-refractivity contribution is -0.120. The van der Waals surface area contributed by atoms with Gasteiger partial charge >= 0.3 is 0 Å². The fraction of sp³-hybridized carbons (Fsp3) is 0.136. The number of hydrogen-bond donors (Lipinski definition) is 0. The van der Waals surface area contributed by atoms with E-state index in [-0.39, 0.29) is 18.3 Å². The van der Waals surface area contributed by atoms with Gasteiger partial charge in [0.05, 0.1) is 18.4 Å². The summed E-state index contributed by atoms with van der Waals surface area (Å²) in [6, 6.07) is 14.9. The molecule has 0 aliphatic carbocycles. The van der Waals surface area contributed by atoms with Gasteiger partial charge in [-0.1, -0.05) is 23.5 Å². The van der Waals surface area contributed by atoms with E-state index < -0.39 is 0 Å². The molecule has 0 bridgehead atoms. The van der Waals surface area contributed by atoms with Crippen LogP contribution in [0.5, 0.6) is 11.5 Å². The zero-order chi connectivity index (χ0) is 20.9. The van der Waals surface area contributed by atoms with Gasteiger partial charge in [0.2, 0.25) is 0 Å². The molecular weight excluding hydrogens is 405 g/mol. The maximum Gasteiger partial charge on any atom is 0.267 e. The molecule has 1 amide bonds. The monoisotopic (exact) mass is 423 g/mol. The number of aromatic nitrogens is 2. The molecule has 0 saturated carbocycles. The highest BCUT2D eigenvalue weighted by Crippen LogP contribution is 2.34. The van der Waals surface area contributed by atoms with E-state index in [1.807, 2.05) is 30.3 Å². The molecule has 30 heavy (non-hydrogen) atoms. The first-order valence-electron chi connectivity index (χ1n) is 9.15. The van der Waals surface area contributed by atoms with Crippen LogP contribution in [0.15, 0.2) is 67.0 Å². The molecule has 8 heteroatoms. The van der Waals surface area contributed by atoms with E-state index >= 15 is 0 Å². The van der Waals surface area contributed by atoms with Crippen LogP contribution >= 0.6 is 11.3 Å². The standard InChI is InChI=1S/C22H18FN3O3S/c1-28-18-5-2-6-19-21(18)25-22(30-19)26(13-15-4-3-11-24-12-15)20(27)14-29-17-9-7-16(23)8-10-17/h2-12H,13-14H2,1H3. The number of thiazole rings is 1. The Morgan fingerprint density at radius 1 is 1.13 bits per heavy atom. The third-order valence-corrected chi connectivity index (χ3v) is 5.41. The maximum absolute atomic E-state index is 13.1. The minimum absolute atomic E-state index is 0.209. The Kier molecular flexibility index (Phi) is 5.85. The van der Waals surface area contributed by atoms with E-state index in [4.69, 9.17) is 9.47 Å². The van der Waals surface area contributed by atoms with Gasteiger partial charge < -0.3 is 9.47 Å². The van der Waals surface area contributed by atoms with Gasteiger partial charge in [-0.05, 0) is 48.0 Å². The second kappa shape index (κ2) is 8.87. The molecule has 0 radical (unpaired) electrons. The topological polar surface area (TPSA) is 64.5 Å². The van der Waals surface area contributed by atoms with Crippen LogP contribution in [0, 0.1) is 5.82 Å². The summed E-state index contributed by atoms with van der Waals surface area (Å²) in [4.78, 5) is 23.4. The van der Waals surface area contributed by atoms with Gasteiger partial charge in [0.25, 0.3) is 5.91 Å². The number of carbonyl (C=O) groups is 1. The number of halogens is 1. The van der Waals surface area contributed by atoms with Crippen LogP contribution in [-0.2, 0) is 11.3 Å². The molecule has 0 atom stereocenters. The average molecular weight is 423 g/mol. The molecule has 4 rings (SSSR count). The fourth-order valence-corrected chi connectivity index (χ4v) is 3.88. The number of carbonyl (C=O) groups excluding carboxylic acids is 1. The smallest absolute Gasteiger partial charge is 0.267 e. The van der Waals surface area contributed by atoms with Crippen LogP contribution in [0.1, 0.15) is 5.56 Å². The number of rotatable bonds is 7. The van der Waals surface area contributed by atoms with Crippen molar-refractivity contribution >= 4 is 32.6 Å². The SMILES string of the molecule is COc1cccc2sc(N(Cc3cccnc3)C(=O)COc3ccc(F)cc3)nc12. The third kappa shape index (κ3) is 4.38. The second-order valence-electron chi connectivity index (χ2n) is 6.39. The number of hydrogen-bond acceptors (Lipinski definition) is 6. The van der Waals surface area contributed by atoms with Crippen molar-refractivity contribution in [2.24, 2.45) is 0 Å². The van der Waals surface area contributed by atoms with Crippen LogP contribution in [0.3, 0.4) is 0 Å². The average Bonchev–Trinajstić information content (AvgIpc) is 3.21. The van der Waals surface area contributed by atoms with Crippen molar-refractivity contribution in [3.63, 3.8) is 0 Å². The summed E-state index contributed by atoms with van der Waals surface area (Å²) in [5, 5.41) is 0.533. The molecule has 2 heterocycles. The number of para-hydroxylation sites is 1. The van der Waals surface area contributed by atoms with Crippen molar-refractivity contribution in [2.75, 3.05) is 18.6 Å². The van der Waals surface area contributed by atoms with Crippen molar-refractivity contribution in [2.45, 2.75) is 6.54 Å². The molecular formula is C22H18FN3O3S. The van der Waals surface area contributed by atoms with Crippen molar-refractivity contribution in [3.05, 3.63) is 78.4 Å². The number of fused-ring (bicyclic) bond motifs is 1. The van der Waals surface area contributed by atoms with Gasteiger partial charge in [-0.3, -0.25) is 14.7 Å². The quantitative estimate of drug-likeness (QED) is 0.439. The Bertz CT molecular complexity index is 1150. The van der Waals surface area contributed by atoms with Crippen molar-refractivity contribution in [1.82, 2.24) is 9.97 Å². The molecule has 2 aromatic carbocycles. The van der Waals surface area contributed by atoms with Crippen LogP contribution < -0.4 is 14.4 Å². The zero-order valence-corrected chi connectivity index (χ0v) is 16.9. The summed E-state index contributed by atoms with van der Waals surface area (Å²) in [6.07, 6.45) is 3.38. The van der Waals surface area contributed by atoms with E-state index in [1.165, 1.54) is 35.6 Å². The number of methoxy groups -OCH3 is 1. The highest BCUT2D eigenvalue weighted by Gasteiger charge is 2.22. The lowest BCUT2D eigenvalue weighted by Crippen LogP contribution is -2.34. The first-order valence-corrected chi connectivity index (χ1v) is 9.97. The summed E-state index contributed by atoms with van der Waals surface area (Å²) in [6.45, 7) is 0.0839. The van der Waals surface area contributed by atoms with E-state index in [9.17, 15) is 9.18 Å².